The van der Waals surface area contributed by atoms with E-state index in [0.29, 0.717) is 0 Å². The van der Waals surface area contributed by atoms with Crippen molar-refractivity contribution in [3.8, 4) is 0 Å². The van der Waals surface area contributed by atoms with E-state index in [1.54, 1.807) is 6.92 Å². The summed E-state index contributed by atoms with van der Waals surface area (Å²) in [4.78, 5) is 10.5. The Balaban J connectivity index is 2.55. The largest absolute Gasteiger partial charge is 0.508 e. The van der Waals surface area contributed by atoms with Gasteiger partial charge in [0.15, 0.2) is 6.29 Å². The monoisotopic (exact) mass is 176 g/mol. The third-order valence-corrected chi connectivity index (χ3v) is 1.86. The molecule has 1 aliphatic heterocycles. The van der Waals surface area contributed by atoms with E-state index in [9.17, 15) is 9.90 Å². The first-order valence-electron chi connectivity index (χ1n) is 3.59. The van der Waals surface area contributed by atoms with E-state index >= 15 is 0 Å². The second-order valence-corrected chi connectivity index (χ2v) is 3.07. The van der Waals surface area contributed by atoms with Gasteiger partial charge in [0.2, 0.25) is 0 Å². The number of methoxy groups -OCH3 is 1. The molecule has 12 heavy (non-hydrogen) atoms. The first-order valence-corrected chi connectivity index (χ1v) is 3.59. The lowest BCUT2D eigenvalue weighted by atomic mass is 9.91. The number of ether oxygens (including phenoxy) is 3. The van der Waals surface area contributed by atoms with E-state index < -0.39 is 17.9 Å². The van der Waals surface area contributed by atoms with Crippen molar-refractivity contribution in [2.24, 2.45) is 5.41 Å². The molecule has 0 aromatic carbocycles. The average molecular weight is 176 g/mol. The molecule has 1 rings (SSSR count). The average Bonchev–Trinajstić information content (AvgIpc) is 2.09. The number of hydrogen-bond donors (Lipinski definition) is 1. The van der Waals surface area contributed by atoms with Gasteiger partial charge in [-0.1, -0.05) is 0 Å². The Morgan fingerprint density at radius 1 is 1.58 bits per heavy atom. The molecule has 0 aromatic heterocycles. The summed E-state index contributed by atoms with van der Waals surface area (Å²) in [6.07, 6.45) is -1.68. The predicted molar refractivity (Wildman–Crippen MR) is 38.4 cm³/mol. The van der Waals surface area contributed by atoms with Gasteiger partial charge in [0.05, 0.1) is 5.41 Å². The van der Waals surface area contributed by atoms with Crippen LogP contribution >= 0.6 is 0 Å². The lowest BCUT2D eigenvalue weighted by Crippen LogP contribution is -2.46. The minimum Gasteiger partial charge on any atom is -0.433 e. The van der Waals surface area contributed by atoms with Gasteiger partial charge in [-0.2, -0.15) is 0 Å². The van der Waals surface area contributed by atoms with Gasteiger partial charge in [0, 0.05) is 7.11 Å². The highest BCUT2D eigenvalue weighted by Crippen LogP contribution is 2.26. The Morgan fingerprint density at radius 3 is 2.50 bits per heavy atom. The maximum absolute atomic E-state index is 10.5. The van der Waals surface area contributed by atoms with Gasteiger partial charge in [0.25, 0.3) is 0 Å². The second-order valence-electron chi connectivity index (χ2n) is 3.07. The van der Waals surface area contributed by atoms with E-state index in [1.807, 2.05) is 0 Å². The molecule has 0 saturated carbocycles. The van der Waals surface area contributed by atoms with E-state index in [1.165, 1.54) is 7.11 Å². The Kier molecular flexibility index (Phi) is 2.54. The lowest BCUT2D eigenvalue weighted by Gasteiger charge is -2.34. The Hall–Kier alpha value is -0.810. The molecule has 0 spiro atoms. The molecule has 5 nitrogen and oxygen atoms in total. The van der Waals surface area contributed by atoms with E-state index in [4.69, 9.17) is 4.74 Å². The summed E-state index contributed by atoms with van der Waals surface area (Å²) in [5, 5.41) is 9.33. The first kappa shape index (κ1) is 9.28. The summed E-state index contributed by atoms with van der Waals surface area (Å²) in [6.45, 7) is 1.94. The van der Waals surface area contributed by atoms with E-state index in [2.05, 4.69) is 9.47 Å². The van der Waals surface area contributed by atoms with Crippen LogP contribution in [-0.2, 0) is 14.2 Å². The fourth-order valence-electron chi connectivity index (χ4n) is 0.958. The Labute approximate surface area is 70.2 Å². The number of carbonyl (C=O) groups excluding carboxylic acids is 1. The molecule has 0 aliphatic carbocycles. The van der Waals surface area contributed by atoms with Gasteiger partial charge in [-0.15, -0.1) is 0 Å². The maximum Gasteiger partial charge on any atom is 0.508 e. The van der Waals surface area contributed by atoms with Crippen LogP contribution in [0.3, 0.4) is 0 Å². The van der Waals surface area contributed by atoms with Gasteiger partial charge in [0.1, 0.15) is 13.2 Å². The summed E-state index contributed by atoms with van der Waals surface area (Å²) in [6, 6.07) is 0. The van der Waals surface area contributed by atoms with Crippen molar-refractivity contribution in [2.45, 2.75) is 13.2 Å². The van der Waals surface area contributed by atoms with Gasteiger partial charge in [-0.3, -0.25) is 0 Å². The van der Waals surface area contributed by atoms with Crippen molar-refractivity contribution in [3.05, 3.63) is 0 Å². The lowest BCUT2D eigenvalue weighted by molar-refractivity contribution is -0.198. The molecule has 1 aliphatic rings. The normalized spacial score (nSPS) is 24.1. The maximum atomic E-state index is 10.5. The minimum atomic E-state index is -0.981. The topological polar surface area (TPSA) is 65.0 Å². The zero-order valence-electron chi connectivity index (χ0n) is 7.07. The third kappa shape index (κ3) is 1.67. The molecule has 1 heterocycles. The molecule has 0 radical (unpaired) electrons. The van der Waals surface area contributed by atoms with Crippen molar-refractivity contribution in [1.82, 2.24) is 0 Å². The molecular weight excluding hydrogens is 164 g/mol. The number of aliphatic hydroxyl groups is 1. The van der Waals surface area contributed by atoms with Crippen molar-refractivity contribution in [1.29, 1.82) is 0 Å². The molecule has 1 N–H and O–H groups in total. The first-order chi connectivity index (χ1) is 5.58. The zero-order valence-corrected chi connectivity index (χ0v) is 7.07. The number of cyclic esters (lactones) is 2. The predicted octanol–water partition coefficient (Wildman–Crippen LogP) is 0.124. The summed E-state index contributed by atoms with van der Waals surface area (Å²) in [7, 11) is 1.38. The summed E-state index contributed by atoms with van der Waals surface area (Å²) < 4.78 is 13.9. The SMILES string of the molecule is COC(O)C1(C)COC(=O)OC1. The van der Waals surface area contributed by atoms with Crippen LogP contribution in [0.15, 0.2) is 0 Å². The molecular formula is C7H12O5. The van der Waals surface area contributed by atoms with Gasteiger partial charge in [-0.25, -0.2) is 4.79 Å². The van der Waals surface area contributed by atoms with Crippen LogP contribution in [0.1, 0.15) is 6.92 Å². The smallest absolute Gasteiger partial charge is 0.433 e. The van der Waals surface area contributed by atoms with Crippen LogP contribution in [0.4, 0.5) is 4.79 Å². The Morgan fingerprint density at radius 2 is 2.08 bits per heavy atom. The molecule has 0 aromatic rings. The highest BCUT2D eigenvalue weighted by molar-refractivity contribution is 5.60. The van der Waals surface area contributed by atoms with Crippen molar-refractivity contribution >= 4 is 6.16 Å². The highest BCUT2D eigenvalue weighted by atomic mass is 16.7. The van der Waals surface area contributed by atoms with Crippen molar-refractivity contribution < 1.29 is 24.1 Å². The van der Waals surface area contributed by atoms with Gasteiger partial charge < -0.3 is 19.3 Å². The van der Waals surface area contributed by atoms with Crippen LogP contribution in [-0.4, -0.2) is 37.9 Å². The molecule has 70 valence electrons. The van der Waals surface area contributed by atoms with Crippen molar-refractivity contribution in [3.63, 3.8) is 0 Å². The molecule has 0 amide bonds. The molecule has 1 fully saturated rings. The summed E-state index contributed by atoms with van der Waals surface area (Å²) >= 11 is 0. The fraction of sp³-hybridized carbons (Fsp3) is 0.857. The molecule has 1 atom stereocenters. The number of carbonyl (C=O) groups is 1. The molecule has 1 saturated heterocycles. The third-order valence-electron chi connectivity index (χ3n) is 1.86. The number of hydrogen-bond acceptors (Lipinski definition) is 5. The van der Waals surface area contributed by atoms with Crippen LogP contribution in [0, 0.1) is 5.41 Å². The van der Waals surface area contributed by atoms with Crippen molar-refractivity contribution in [2.75, 3.05) is 20.3 Å². The minimum absolute atomic E-state index is 0.112. The van der Waals surface area contributed by atoms with Crippen LogP contribution in [0.5, 0.6) is 0 Å². The Bertz CT molecular complexity index is 169. The van der Waals surface area contributed by atoms with Crippen LogP contribution in [0.2, 0.25) is 0 Å². The standard InChI is InChI=1S/C7H12O5/c1-7(5(8)10-2)3-11-6(9)12-4-7/h5,8H,3-4H2,1-2H3. The number of rotatable bonds is 2. The summed E-state index contributed by atoms with van der Waals surface area (Å²) in [5.41, 5.74) is -0.664. The van der Waals surface area contributed by atoms with E-state index in [-0.39, 0.29) is 13.2 Å². The highest BCUT2D eigenvalue weighted by Gasteiger charge is 2.40. The quantitative estimate of drug-likeness (QED) is 0.478. The molecule has 1 unspecified atom stereocenters. The molecule has 0 bridgehead atoms. The van der Waals surface area contributed by atoms with Gasteiger partial charge in [-0.05, 0) is 6.92 Å². The van der Waals surface area contributed by atoms with E-state index in [0.717, 1.165) is 0 Å². The zero-order chi connectivity index (χ0) is 9.19. The summed E-state index contributed by atoms with van der Waals surface area (Å²) in [5.74, 6) is 0. The second kappa shape index (κ2) is 3.28. The van der Waals surface area contributed by atoms with Crippen LogP contribution in [0.25, 0.3) is 0 Å². The molecule has 5 heteroatoms. The number of aliphatic hydroxyl groups excluding tert-OH is 1. The van der Waals surface area contributed by atoms with Crippen LogP contribution < -0.4 is 0 Å². The van der Waals surface area contributed by atoms with Gasteiger partial charge >= 0.3 is 6.16 Å². The fourth-order valence-corrected chi connectivity index (χ4v) is 0.958.